The summed E-state index contributed by atoms with van der Waals surface area (Å²) in [6.07, 6.45) is 0.151. The predicted octanol–water partition coefficient (Wildman–Crippen LogP) is 5.95. The number of benzene rings is 4. The van der Waals surface area contributed by atoms with Gasteiger partial charge < -0.3 is 38.4 Å². The van der Waals surface area contributed by atoms with Gasteiger partial charge in [0.05, 0.1) is 59.0 Å². The number of anilines is 1. The first-order chi connectivity index (χ1) is 23.0. The summed E-state index contributed by atoms with van der Waals surface area (Å²) in [5.74, 6) is 2.49. The van der Waals surface area contributed by atoms with Crippen molar-refractivity contribution in [3.8, 4) is 17.2 Å². The zero-order valence-corrected chi connectivity index (χ0v) is 27.9. The van der Waals surface area contributed by atoms with Crippen molar-refractivity contribution in [2.75, 3.05) is 52.5 Å². The molecule has 0 aliphatic carbocycles. The van der Waals surface area contributed by atoms with Crippen LogP contribution in [0.2, 0.25) is 0 Å². The van der Waals surface area contributed by atoms with E-state index in [9.17, 15) is 5.11 Å². The Morgan fingerprint density at radius 2 is 1.60 bits per heavy atom. The zero-order valence-electron chi connectivity index (χ0n) is 27.9. The first-order valence-corrected chi connectivity index (χ1v) is 16.3. The average Bonchev–Trinajstić information content (AvgIpc) is 3.11. The van der Waals surface area contributed by atoms with Crippen molar-refractivity contribution in [2.45, 2.75) is 57.5 Å². The quantitative estimate of drug-likeness (QED) is 0.107. The second kappa shape index (κ2) is 17.3. The fraction of sp³-hybridized carbons (Fsp3) is 0.421. The molecule has 1 saturated heterocycles. The lowest BCUT2D eigenvalue weighted by Crippen LogP contribution is -2.51. The van der Waals surface area contributed by atoms with Gasteiger partial charge in [-0.15, -0.1) is 0 Å². The molecule has 5 rings (SSSR count). The molecule has 1 fully saturated rings. The topological polar surface area (TPSA) is 90.9 Å². The van der Waals surface area contributed by atoms with E-state index in [-0.39, 0.29) is 12.2 Å². The van der Waals surface area contributed by atoms with Gasteiger partial charge >= 0.3 is 0 Å². The largest absolute Gasteiger partial charge is 0.496 e. The van der Waals surface area contributed by atoms with E-state index >= 15 is 0 Å². The van der Waals surface area contributed by atoms with Gasteiger partial charge in [-0.2, -0.15) is 0 Å². The van der Waals surface area contributed by atoms with Crippen LogP contribution in [0, 0.1) is 0 Å². The highest BCUT2D eigenvalue weighted by Gasteiger charge is 2.31. The summed E-state index contributed by atoms with van der Waals surface area (Å²) in [7, 11) is 5.16. The molecule has 0 saturated carbocycles. The van der Waals surface area contributed by atoms with Crippen molar-refractivity contribution in [2.24, 2.45) is 0 Å². The molecule has 1 aliphatic heterocycles. The normalized spacial score (nSPS) is 17.8. The van der Waals surface area contributed by atoms with Crippen molar-refractivity contribution in [3.05, 3.63) is 96.1 Å². The molecular formula is C38H48N2O7. The number of rotatable bonds is 17. The third-order valence-corrected chi connectivity index (χ3v) is 8.38. The Morgan fingerprint density at radius 3 is 2.36 bits per heavy atom. The Morgan fingerprint density at radius 1 is 0.851 bits per heavy atom. The zero-order chi connectivity index (χ0) is 33.0. The summed E-state index contributed by atoms with van der Waals surface area (Å²) >= 11 is 0. The van der Waals surface area contributed by atoms with Crippen molar-refractivity contribution in [1.29, 1.82) is 0 Å². The predicted molar refractivity (Wildman–Crippen MR) is 185 cm³/mol. The van der Waals surface area contributed by atoms with Crippen molar-refractivity contribution < 1.29 is 33.5 Å². The van der Waals surface area contributed by atoms with E-state index in [1.807, 2.05) is 54.6 Å². The van der Waals surface area contributed by atoms with Crippen LogP contribution in [0.3, 0.4) is 0 Å². The van der Waals surface area contributed by atoms with E-state index in [4.69, 9.17) is 28.4 Å². The molecule has 4 unspecified atom stereocenters. The van der Waals surface area contributed by atoms with Gasteiger partial charge in [0, 0.05) is 42.6 Å². The minimum atomic E-state index is -0.650. The van der Waals surface area contributed by atoms with Crippen LogP contribution in [-0.2, 0) is 27.4 Å². The van der Waals surface area contributed by atoms with E-state index in [1.54, 1.807) is 28.2 Å². The van der Waals surface area contributed by atoms with Crippen LogP contribution in [0.1, 0.15) is 30.9 Å². The van der Waals surface area contributed by atoms with E-state index in [1.165, 1.54) is 0 Å². The number of nitrogens with zero attached hydrogens (tertiary/aromatic N) is 1. The third-order valence-electron chi connectivity index (χ3n) is 8.38. The van der Waals surface area contributed by atoms with Crippen molar-refractivity contribution in [3.63, 3.8) is 0 Å². The molecule has 252 valence electrons. The number of methoxy groups -OCH3 is 2. The molecular weight excluding hydrogens is 596 g/mol. The van der Waals surface area contributed by atoms with Gasteiger partial charge in [-0.05, 0) is 67.4 Å². The molecule has 2 N–H and O–H groups in total. The maximum atomic E-state index is 10.2. The highest BCUT2D eigenvalue weighted by atomic mass is 16.5. The fourth-order valence-electron chi connectivity index (χ4n) is 5.98. The van der Waals surface area contributed by atoms with Gasteiger partial charge in [-0.3, -0.25) is 5.32 Å². The second-order valence-electron chi connectivity index (χ2n) is 11.9. The van der Waals surface area contributed by atoms with Gasteiger partial charge in [0.1, 0.15) is 23.5 Å². The summed E-state index contributed by atoms with van der Waals surface area (Å²) in [6, 6.07) is 28.4. The molecule has 4 aromatic rings. The van der Waals surface area contributed by atoms with E-state index in [0.29, 0.717) is 45.9 Å². The lowest BCUT2D eigenvalue weighted by atomic mass is 10.0. The molecule has 0 bridgehead atoms. The maximum absolute atomic E-state index is 10.2. The van der Waals surface area contributed by atoms with Crippen LogP contribution in [-0.4, -0.2) is 77.2 Å². The number of nitrogens with one attached hydrogen (secondary N) is 1. The van der Waals surface area contributed by atoms with Crippen molar-refractivity contribution >= 4 is 16.5 Å². The number of piperidine rings is 1. The number of ether oxygens (including phenoxy) is 6. The molecule has 9 nitrogen and oxygen atoms in total. The molecule has 4 atom stereocenters. The minimum Gasteiger partial charge on any atom is -0.496 e. The first-order valence-electron chi connectivity index (χ1n) is 16.3. The number of para-hydroxylation sites is 1. The van der Waals surface area contributed by atoms with Gasteiger partial charge in [0.25, 0.3) is 0 Å². The summed E-state index contributed by atoms with van der Waals surface area (Å²) in [6.45, 7) is 5.24. The van der Waals surface area contributed by atoms with Gasteiger partial charge in [-0.1, -0.05) is 42.5 Å². The molecule has 47 heavy (non-hydrogen) atoms. The smallest absolute Gasteiger partial charge is 0.134 e. The molecule has 9 heteroatoms. The van der Waals surface area contributed by atoms with Gasteiger partial charge in [0.2, 0.25) is 0 Å². The Kier molecular flexibility index (Phi) is 12.7. The number of fused-ring (bicyclic) bond motifs is 1. The van der Waals surface area contributed by atoms with Gasteiger partial charge in [0.15, 0.2) is 0 Å². The lowest BCUT2D eigenvalue weighted by Gasteiger charge is -2.40. The number of likely N-dealkylation sites (N-methyl/N-ethyl adjacent to an activating group) is 1. The summed E-state index contributed by atoms with van der Waals surface area (Å²) < 4.78 is 35.7. The summed E-state index contributed by atoms with van der Waals surface area (Å²) in [5.41, 5.74) is 3.15. The second-order valence-corrected chi connectivity index (χ2v) is 11.9. The van der Waals surface area contributed by atoms with Crippen LogP contribution in [0.15, 0.2) is 84.9 Å². The van der Waals surface area contributed by atoms with E-state index in [0.717, 1.165) is 51.3 Å². The van der Waals surface area contributed by atoms with Crippen LogP contribution < -0.4 is 24.4 Å². The van der Waals surface area contributed by atoms with Crippen LogP contribution in [0.5, 0.6) is 17.2 Å². The van der Waals surface area contributed by atoms with Crippen LogP contribution >= 0.6 is 0 Å². The summed E-state index contributed by atoms with van der Waals surface area (Å²) in [5, 5.41) is 15.5. The number of hydrogen-bond donors (Lipinski definition) is 2. The number of aliphatic hydroxyl groups is 1. The SMILES string of the molecule is CNC(OC1CC(OCc2cc(OC)c3ccccc3c2)CN(c2ccc(OCCCOCc3ccccc3OC)cc2)C1)C(C)O. The van der Waals surface area contributed by atoms with Gasteiger partial charge in [-0.25, -0.2) is 0 Å². The molecule has 0 spiro atoms. The van der Waals surface area contributed by atoms with Crippen molar-refractivity contribution in [1.82, 2.24) is 5.32 Å². The Hall–Kier alpha value is -3.86. The molecule has 4 aromatic carbocycles. The number of hydrogen-bond acceptors (Lipinski definition) is 9. The Balaban J connectivity index is 1.17. The third kappa shape index (κ3) is 9.59. The average molecular weight is 645 g/mol. The Labute approximate surface area is 278 Å². The monoisotopic (exact) mass is 644 g/mol. The maximum Gasteiger partial charge on any atom is 0.134 e. The van der Waals surface area contributed by atoms with Crippen LogP contribution in [0.25, 0.3) is 10.8 Å². The standard InChI is InChI=1S/C38H48N2O7/c1-27(41)38(39-2)47-34-22-33(46-25-28-20-29-10-5-7-12-35(29)37(21-28)43-4)23-40(24-34)31-14-16-32(17-15-31)45-19-9-18-44-26-30-11-6-8-13-36(30)42-3/h5-8,10-17,20-21,27,33-34,38-39,41H,9,18-19,22-26H2,1-4H3. The highest BCUT2D eigenvalue weighted by Crippen LogP contribution is 2.30. The fourth-order valence-corrected chi connectivity index (χ4v) is 5.98. The lowest BCUT2D eigenvalue weighted by molar-refractivity contribution is -0.106. The van der Waals surface area contributed by atoms with E-state index in [2.05, 4.69) is 40.5 Å². The Bertz CT molecular complexity index is 1530. The first kappa shape index (κ1) is 34.5. The summed E-state index contributed by atoms with van der Waals surface area (Å²) in [4.78, 5) is 2.28. The molecule has 0 amide bonds. The molecule has 1 heterocycles. The molecule has 0 aromatic heterocycles. The highest BCUT2D eigenvalue weighted by molar-refractivity contribution is 5.89. The molecule has 0 radical (unpaired) electrons. The number of aliphatic hydroxyl groups excluding tert-OH is 1. The van der Waals surface area contributed by atoms with Crippen LogP contribution in [0.4, 0.5) is 5.69 Å². The minimum absolute atomic E-state index is 0.0792. The van der Waals surface area contributed by atoms with E-state index < -0.39 is 12.3 Å². The molecule has 1 aliphatic rings.